The molecule has 2 aromatic carbocycles. The zero-order valence-corrected chi connectivity index (χ0v) is 18.8. The molecule has 1 aliphatic rings. The van der Waals surface area contributed by atoms with Crippen LogP contribution in [0.2, 0.25) is 0 Å². The summed E-state index contributed by atoms with van der Waals surface area (Å²) < 4.78 is 18.0. The average Bonchev–Trinajstić information content (AvgIpc) is 3.47. The molecule has 0 bridgehead atoms. The van der Waals surface area contributed by atoms with Crippen molar-refractivity contribution >= 4 is 11.6 Å². The first-order chi connectivity index (χ1) is 16.0. The summed E-state index contributed by atoms with van der Waals surface area (Å²) in [5.74, 6) is 0.440. The van der Waals surface area contributed by atoms with Gasteiger partial charge in [-0.05, 0) is 55.8 Å². The fraction of sp³-hybridized carbons (Fsp3) is 0.231. The average molecular weight is 444 g/mol. The highest BCUT2D eigenvalue weighted by atomic mass is 19.1. The molecule has 3 heterocycles. The fourth-order valence-electron chi connectivity index (χ4n) is 4.44. The maximum atomic E-state index is 14.2. The van der Waals surface area contributed by atoms with Crippen molar-refractivity contribution in [1.82, 2.24) is 19.2 Å². The highest BCUT2D eigenvalue weighted by molar-refractivity contribution is 5.99. The van der Waals surface area contributed by atoms with Gasteiger partial charge in [-0.15, -0.1) is 0 Å². The van der Waals surface area contributed by atoms with Crippen LogP contribution in [0, 0.1) is 19.7 Å². The van der Waals surface area contributed by atoms with Crippen molar-refractivity contribution in [3.63, 3.8) is 0 Å². The van der Waals surface area contributed by atoms with Crippen molar-refractivity contribution < 1.29 is 9.18 Å². The Morgan fingerprint density at radius 2 is 1.64 bits per heavy atom. The number of anilines is 1. The molecule has 168 valence electrons. The first-order valence-corrected chi connectivity index (χ1v) is 11.1. The van der Waals surface area contributed by atoms with E-state index in [0.717, 1.165) is 17.1 Å². The Bertz CT molecular complexity index is 1290. The highest BCUT2D eigenvalue weighted by Crippen LogP contribution is 2.26. The maximum Gasteiger partial charge on any atom is 0.259 e. The Morgan fingerprint density at radius 3 is 2.33 bits per heavy atom. The van der Waals surface area contributed by atoms with E-state index in [9.17, 15) is 9.18 Å². The number of rotatable bonds is 4. The van der Waals surface area contributed by atoms with Crippen molar-refractivity contribution in [2.75, 3.05) is 31.1 Å². The lowest BCUT2D eigenvalue weighted by atomic mass is 10.1. The Labute approximate surface area is 192 Å². The summed E-state index contributed by atoms with van der Waals surface area (Å²) in [6.07, 6.45) is 3.85. The lowest BCUT2D eigenvalue weighted by Gasteiger charge is -2.36. The summed E-state index contributed by atoms with van der Waals surface area (Å²) in [7, 11) is 0. The number of hydrogen-bond donors (Lipinski definition) is 0. The molecular weight excluding hydrogens is 417 g/mol. The van der Waals surface area contributed by atoms with Crippen molar-refractivity contribution in [2.45, 2.75) is 13.8 Å². The Morgan fingerprint density at radius 1 is 0.909 bits per heavy atom. The van der Waals surface area contributed by atoms with E-state index in [0.29, 0.717) is 43.1 Å². The highest BCUT2D eigenvalue weighted by Gasteiger charge is 2.30. The van der Waals surface area contributed by atoms with E-state index < -0.39 is 0 Å². The van der Waals surface area contributed by atoms with E-state index in [1.54, 1.807) is 12.1 Å². The minimum absolute atomic E-state index is 0.0525. The van der Waals surface area contributed by atoms with Crippen LogP contribution < -0.4 is 4.90 Å². The summed E-state index contributed by atoms with van der Waals surface area (Å²) in [5.41, 5.74) is 3.89. The summed E-state index contributed by atoms with van der Waals surface area (Å²) in [4.78, 5) is 17.6. The molecule has 0 radical (unpaired) electrons. The Kier molecular flexibility index (Phi) is 5.46. The molecule has 0 saturated carbocycles. The van der Waals surface area contributed by atoms with Gasteiger partial charge in [0.05, 0.1) is 17.1 Å². The molecule has 0 N–H and O–H groups in total. The predicted octanol–water partition coefficient (Wildman–Crippen LogP) is 4.38. The first kappa shape index (κ1) is 21.0. The zero-order valence-electron chi connectivity index (χ0n) is 18.8. The molecule has 0 aliphatic carbocycles. The normalized spacial score (nSPS) is 14.0. The molecule has 5 rings (SSSR count). The lowest BCUT2D eigenvalue weighted by molar-refractivity contribution is 0.0746. The van der Waals surface area contributed by atoms with Crippen LogP contribution in [-0.4, -0.2) is 51.3 Å². The van der Waals surface area contributed by atoms with Crippen LogP contribution in [-0.2, 0) is 0 Å². The molecule has 1 aliphatic heterocycles. The maximum absolute atomic E-state index is 14.2. The monoisotopic (exact) mass is 443 g/mol. The molecule has 0 spiro atoms. The molecule has 0 unspecified atom stereocenters. The number of carbonyl (C=O) groups is 1. The van der Waals surface area contributed by atoms with E-state index in [4.69, 9.17) is 5.10 Å². The van der Waals surface area contributed by atoms with Crippen molar-refractivity contribution in [2.24, 2.45) is 0 Å². The minimum atomic E-state index is -0.234. The fourth-order valence-corrected chi connectivity index (χ4v) is 4.44. The molecule has 7 heteroatoms. The van der Waals surface area contributed by atoms with Gasteiger partial charge in [-0.2, -0.15) is 5.10 Å². The largest absolute Gasteiger partial charge is 0.366 e. The Balaban J connectivity index is 1.47. The predicted molar refractivity (Wildman–Crippen MR) is 127 cm³/mol. The third-order valence-electron chi connectivity index (χ3n) is 6.11. The van der Waals surface area contributed by atoms with Crippen LogP contribution in [0.15, 0.2) is 73.1 Å². The van der Waals surface area contributed by atoms with E-state index in [-0.39, 0.29) is 11.7 Å². The second-order valence-electron chi connectivity index (χ2n) is 8.36. The van der Waals surface area contributed by atoms with Gasteiger partial charge in [-0.1, -0.05) is 24.3 Å². The SMILES string of the molecule is Cc1cccc(-n2nc(C)c(C(=O)N3CCN(c4ccccc4F)CC3)c2-n2cccc2)c1. The number of nitrogens with zero attached hydrogens (tertiary/aromatic N) is 5. The number of carbonyl (C=O) groups excluding carboxylic acids is 1. The number of para-hydroxylation sites is 1. The quantitative estimate of drug-likeness (QED) is 0.470. The molecule has 0 atom stereocenters. The van der Waals surface area contributed by atoms with Gasteiger partial charge in [-0.3, -0.25) is 4.79 Å². The van der Waals surface area contributed by atoms with Crippen molar-refractivity contribution in [3.8, 4) is 11.5 Å². The lowest BCUT2D eigenvalue weighted by Crippen LogP contribution is -2.49. The van der Waals surface area contributed by atoms with Gasteiger partial charge in [0.1, 0.15) is 11.4 Å². The third-order valence-corrected chi connectivity index (χ3v) is 6.11. The Hall–Kier alpha value is -3.87. The van der Waals surface area contributed by atoms with E-state index in [1.807, 2.05) is 81.7 Å². The molecule has 2 aromatic heterocycles. The summed E-state index contributed by atoms with van der Waals surface area (Å²) >= 11 is 0. The van der Waals surface area contributed by atoms with Crippen molar-refractivity contribution in [1.29, 1.82) is 0 Å². The van der Waals surface area contributed by atoms with Crippen LogP contribution in [0.4, 0.5) is 10.1 Å². The number of amides is 1. The van der Waals surface area contributed by atoms with Gasteiger partial charge >= 0.3 is 0 Å². The number of benzene rings is 2. The second kappa shape index (κ2) is 8.58. The molecule has 4 aromatic rings. The van der Waals surface area contributed by atoms with Crippen LogP contribution in [0.3, 0.4) is 0 Å². The number of aromatic nitrogens is 3. The minimum Gasteiger partial charge on any atom is -0.366 e. The number of hydrogen-bond acceptors (Lipinski definition) is 3. The second-order valence-corrected chi connectivity index (χ2v) is 8.36. The van der Waals surface area contributed by atoms with Crippen LogP contribution in [0.5, 0.6) is 0 Å². The van der Waals surface area contributed by atoms with E-state index in [1.165, 1.54) is 6.07 Å². The molecule has 6 nitrogen and oxygen atoms in total. The molecule has 1 saturated heterocycles. The van der Waals surface area contributed by atoms with Crippen LogP contribution in [0.1, 0.15) is 21.6 Å². The summed E-state index contributed by atoms with van der Waals surface area (Å²) in [5, 5.41) is 4.76. The van der Waals surface area contributed by atoms with Gasteiger partial charge in [0.25, 0.3) is 5.91 Å². The number of piperazine rings is 1. The van der Waals surface area contributed by atoms with E-state index in [2.05, 4.69) is 6.07 Å². The first-order valence-electron chi connectivity index (χ1n) is 11.1. The van der Waals surface area contributed by atoms with Gasteiger partial charge in [0.2, 0.25) is 0 Å². The van der Waals surface area contributed by atoms with Gasteiger partial charge in [-0.25, -0.2) is 9.07 Å². The van der Waals surface area contributed by atoms with Gasteiger partial charge in [0, 0.05) is 38.6 Å². The molecule has 1 fully saturated rings. The summed E-state index contributed by atoms with van der Waals surface area (Å²) in [6, 6.07) is 18.7. The topological polar surface area (TPSA) is 46.3 Å². The van der Waals surface area contributed by atoms with Crippen LogP contribution in [0.25, 0.3) is 11.5 Å². The van der Waals surface area contributed by atoms with Crippen LogP contribution >= 0.6 is 0 Å². The number of halogens is 1. The molecule has 1 amide bonds. The van der Waals surface area contributed by atoms with Gasteiger partial charge in [0.15, 0.2) is 5.82 Å². The van der Waals surface area contributed by atoms with Gasteiger partial charge < -0.3 is 14.4 Å². The number of aryl methyl sites for hydroxylation is 2. The zero-order chi connectivity index (χ0) is 22.9. The third kappa shape index (κ3) is 3.91. The molecule has 33 heavy (non-hydrogen) atoms. The van der Waals surface area contributed by atoms with E-state index >= 15 is 0 Å². The smallest absolute Gasteiger partial charge is 0.259 e. The summed E-state index contributed by atoms with van der Waals surface area (Å²) in [6.45, 7) is 6.12. The molecular formula is C26H26FN5O. The van der Waals surface area contributed by atoms with Crippen molar-refractivity contribution in [3.05, 3.63) is 95.7 Å². The standard InChI is InChI=1S/C26H26FN5O/c1-19-8-7-9-21(18-19)32-25(30-12-5-6-13-30)24(20(2)28-32)26(33)31-16-14-29(15-17-31)23-11-4-3-10-22(23)27/h3-13,18H,14-17H2,1-2H3.